The molecule has 1 saturated carbocycles. The van der Waals surface area contributed by atoms with Gasteiger partial charge in [0.15, 0.2) is 5.82 Å². The molecule has 1 aromatic rings. The number of carbonyl (C=O) groups excluding carboxylic acids is 2. The van der Waals surface area contributed by atoms with E-state index in [0.29, 0.717) is 32.1 Å². The van der Waals surface area contributed by atoms with Crippen molar-refractivity contribution in [3.63, 3.8) is 0 Å². The smallest absolute Gasteiger partial charge is 0.244 e. The molecule has 0 unspecified atom stereocenters. The molecule has 1 N–H and O–H groups in total. The van der Waals surface area contributed by atoms with Crippen molar-refractivity contribution >= 4 is 17.6 Å². The maximum Gasteiger partial charge on any atom is 0.244 e. The molecule has 1 aliphatic heterocycles. The minimum Gasteiger partial charge on any atom is -0.378 e. The van der Waals surface area contributed by atoms with Crippen molar-refractivity contribution < 1.29 is 14.3 Å². The number of amides is 2. The highest BCUT2D eigenvalue weighted by atomic mass is 16.5. The summed E-state index contributed by atoms with van der Waals surface area (Å²) in [5.74, 6) is 0.488. The SMILES string of the molecule is O=C(Nc1cn(CC(=O)N2CCOCC2)nn1)C1CC1. The number of rotatable bonds is 4. The van der Waals surface area contributed by atoms with Crippen molar-refractivity contribution in [2.75, 3.05) is 31.6 Å². The molecule has 2 heterocycles. The van der Waals surface area contributed by atoms with E-state index >= 15 is 0 Å². The predicted octanol–water partition coefficient (Wildman–Crippen LogP) is -0.515. The van der Waals surface area contributed by atoms with Crippen LogP contribution in [0.3, 0.4) is 0 Å². The summed E-state index contributed by atoms with van der Waals surface area (Å²) in [5.41, 5.74) is 0. The average Bonchev–Trinajstić information content (AvgIpc) is 3.23. The van der Waals surface area contributed by atoms with Crippen LogP contribution in [0.4, 0.5) is 5.82 Å². The summed E-state index contributed by atoms with van der Waals surface area (Å²) in [7, 11) is 0. The monoisotopic (exact) mass is 279 g/mol. The third-order valence-electron chi connectivity index (χ3n) is 3.40. The van der Waals surface area contributed by atoms with Gasteiger partial charge in [0, 0.05) is 19.0 Å². The van der Waals surface area contributed by atoms with Crippen molar-refractivity contribution in [1.82, 2.24) is 19.9 Å². The highest BCUT2D eigenvalue weighted by Gasteiger charge is 2.30. The quantitative estimate of drug-likeness (QED) is 0.801. The van der Waals surface area contributed by atoms with Crippen molar-refractivity contribution in [1.29, 1.82) is 0 Å². The molecule has 2 aliphatic rings. The molecule has 1 aliphatic carbocycles. The highest BCUT2D eigenvalue weighted by Crippen LogP contribution is 2.29. The summed E-state index contributed by atoms with van der Waals surface area (Å²) in [6.07, 6.45) is 3.46. The van der Waals surface area contributed by atoms with Crippen LogP contribution >= 0.6 is 0 Å². The summed E-state index contributed by atoms with van der Waals surface area (Å²) in [6, 6.07) is 0. The lowest BCUT2D eigenvalue weighted by molar-refractivity contribution is -0.136. The summed E-state index contributed by atoms with van der Waals surface area (Å²) >= 11 is 0. The van der Waals surface area contributed by atoms with Crippen LogP contribution in [0.5, 0.6) is 0 Å². The molecule has 0 spiro atoms. The Kier molecular flexibility index (Phi) is 3.64. The second-order valence-electron chi connectivity index (χ2n) is 5.06. The van der Waals surface area contributed by atoms with Crippen molar-refractivity contribution in [3.8, 4) is 0 Å². The number of hydrogen-bond donors (Lipinski definition) is 1. The van der Waals surface area contributed by atoms with E-state index in [1.165, 1.54) is 4.68 Å². The summed E-state index contributed by atoms with van der Waals surface area (Å²) < 4.78 is 6.64. The van der Waals surface area contributed by atoms with Crippen LogP contribution in [0.2, 0.25) is 0 Å². The highest BCUT2D eigenvalue weighted by molar-refractivity contribution is 5.93. The van der Waals surface area contributed by atoms with Crippen molar-refractivity contribution in [2.45, 2.75) is 19.4 Å². The van der Waals surface area contributed by atoms with Crippen LogP contribution in [0, 0.1) is 5.92 Å². The van der Waals surface area contributed by atoms with Gasteiger partial charge in [0.25, 0.3) is 0 Å². The zero-order chi connectivity index (χ0) is 13.9. The van der Waals surface area contributed by atoms with Gasteiger partial charge in [0.2, 0.25) is 11.8 Å². The van der Waals surface area contributed by atoms with Gasteiger partial charge in [-0.3, -0.25) is 9.59 Å². The number of carbonyl (C=O) groups is 2. The minimum atomic E-state index is -0.0171. The Bertz CT molecular complexity index is 505. The Hall–Kier alpha value is -1.96. The van der Waals surface area contributed by atoms with Crippen LogP contribution in [0.15, 0.2) is 6.20 Å². The number of nitrogens with one attached hydrogen (secondary N) is 1. The molecule has 0 radical (unpaired) electrons. The van der Waals surface area contributed by atoms with Gasteiger partial charge in [-0.25, -0.2) is 4.68 Å². The van der Waals surface area contributed by atoms with Crippen molar-refractivity contribution in [2.24, 2.45) is 5.92 Å². The maximum atomic E-state index is 12.0. The van der Waals surface area contributed by atoms with Crippen LogP contribution < -0.4 is 5.32 Å². The third-order valence-corrected chi connectivity index (χ3v) is 3.40. The number of anilines is 1. The van der Waals surface area contributed by atoms with Gasteiger partial charge in [-0.15, -0.1) is 5.10 Å². The minimum absolute atomic E-state index is 0.0155. The average molecular weight is 279 g/mol. The Morgan fingerprint density at radius 2 is 2.10 bits per heavy atom. The van der Waals surface area contributed by atoms with Gasteiger partial charge >= 0.3 is 0 Å². The van der Waals surface area contributed by atoms with E-state index in [2.05, 4.69) is 15.6 Å². The van der Waals surface area contributed by atoms with Gasteiger partial charge in [-0.2, -0.15) is 0 Å². The first-order chi connectivity index (χ1) is 9.72. The number of nitrogens with zero attached hydrogens (tertiary/aromatic N) is 4. The molecule has 3 rings (SSSR count). The van der Waals surface area contributed by atoms with E-state index in [1.54, 1.807) is 11.1 Å². The van der Waals surface area contributed by atoms with E-state index in [0.717, 1.165) is 12.8 Å². The maximum absolute atomic E-state index is 12.0. The topological polar surface area (TPSA) is 89.4 Å². The molecule has 1 aromatic heterocycles. The molecule has 0 atom stereocenters. The lowest BCUT2D eigenvalue weighted by Crippen LogP contribution is -2.42. The standard InChI is InChI=1S/C12H17N5O3/c18-11(16-3-5-20-6-4-16)8-17-7-10(14-15-17)13-12(19)9-1-2-9/h7,9H,1-6,8H2,(H,13,19). The fraction of sp³-hybridized carbons (Fsp3) is 0.667. The number of aromatic nitrogens is 3. The predicted molar refractivity (Wildman–Crippen MR) is 68.8 cm³/mol. The molecule has 108 valence electrons. The van der Waals surface area contributed by atoms with Gasteiger partial charge in [-0.1, -0.05) is 5.21 Å². The van der Waals surface area contributed by atoms with E-state index in [4.69, 9.17) is 4.74 Å². The zero-order valence-corrected chi connectivity index (χ0v) is 11.1. The first kappa shape index (κ1) is 13.0. The summed E-state index contributed by atoms with van der Waals surface area (Å²) in [6.45, 7) is 2.50. The van der Waals surface area contributed by atoms with Gasteiger partial charge in [0.1, 0.15) is 6.54 Å². The molecule has 8 nitrogen and oxygen atoms in total. The Labute approximate surface area is 116 Å². The van der Waals surface area contributed by atoms with E-state index < -0.39 is 0 Å². The van der Waals surface area contributed by atoms with E-state index in [9.17, 15) is 9.59 Å². The molecule has 2 fully saturated rings. The Balaban J connectivity index is 1.53. The van der Waals surface area contributed by atoms with Crippen LogP contribution in [0.1, 0.15) is 12.8 Å². The second kappa shape index (κ2) is 5.58. The fourth-order valence-electron chi connectivity index (χ4n) is 2.06. The lowest BCUT2D eigenvalue weighted by Gasteiger charge is -2.26. The summed E-state index contributed by atoms with van der Waals surface area (Å²) in [4.78, 5) is 25.3. The third kappa shape index (κ3) is 3.13. The van der Waals surface area contributed by atoms with Crippen LogP contribution in [-0.2, 0) is 20.9 Å². The Morgan fingerprint density at radius 3 is 2.80 bits per heavy atom. The molecular formula is C12H17N5O3. The first-order valence-electron chi connectivity index (χ1n) is 6.79. The van der Waals surface area contributed by atoms with Gasteiger partial charge in [0.05, 0.1) is 19.4 Å². The number of morpholine rings is 1. The number of hydrogen-bond acceptors (Lipinski definition) is 5. The number of ether oxygens (including phenoxy) is 1. The molecular weight excluding hydrogens is 262 g/mol. The first-order valence-corrected chi connectivity index (χ1v) is 6.79. The Morgan fingerprint density at radius 1 is 1.35 bits per heavy atom. The van der Waals surface area contributed by atoms with Gasteiger partial charge in [-0.05, 0) is 12.8 Å². The van der Waals surface area contributed by atoms with E-state index in [1.807, 2.05) is 0 Å². The van der Waals surface area contributed by atoms with Crippen LogP contribution in [0.25, 0.3) is 0 Å². The second-order valence-corrected chi connectivity index (χ2v) is 5.06. The molecule has 8 heteroatoms. The molecule has 1 saturated heterocycles. The molecule has 20 heavy (non-hydrogen) atoms. The van der Waals surface area contributed by atoms with Crippen LogP contribution in [-0.4, -0.2) is 58.0 Å². The molecule has 0 aromatic carbocycles. The molecule has 2 amide bonds. The normalized spacial score (nSPS) is 18.9. The van der Waals surface area contributed by atoms with Gasteiger partial charge < -0.3 is 15.0 Å². The van der Waals surface area contributed by atoms with E-state index in [-0.39, 0.29) is 24.3 Å². The largest absolute Gasteiger partial charge is 0.378 e. The molecule has 0 bridgehead atoms. The fourth-order valence-corrected chi connectivity index (χ4v) is 2.06. The zero-order valence-electron chi connectivity index (χ0n) is 11.1. The lowest BCUT2D eigenvalue weighted by atomic mass is 10.4. The van der Waals surface area contributed by atoms with Crippen molar-refractivity contribution in [3.05, 3.63) is 6.20 Å². The summed E-state index contributed by atoms with van der Waals surface area (Å²) in [5, 5.41) is 10.4.